The summed E-state index contributed by atoms with van der Waals surface area (Å²) in [6.45, 7) is 2.91. The van der Waals surface area contributed by atoms with Crippen LogP contribution in [0, 0.1) is 6.92 Å². The van der Waals surface area contributed by atoms with E-state index in [1.165, 1.54) is 12.8 Å². The molecule has 3 heteroatoms. The largest absolute Gasteiger partial charge is 0.469 e. The molecule has 2 rings (SSSR count). The second-order valence-electron chi connectivity index (χ2n) is 4.60. The Balaban J connectivity index is 1.71. The van der Waals surface area contributed by atoms with E-state index in [0.717, 1.165) is 37.2 Å². The van der Waals surface area contributed by atoms with Gasteiger partial charge in [0.05, 0.1) is 12.4 Å². The van der Waals surface area contributed by atoms with Crippen molar-refractivity contribution in [3.63, 3.8) is 0 Å². The van der Waals surface area contributed by atoms with Crippen LogP contribution in [0.1, 0.15) is 49.5 Å². The van der Waals surface area contributed by atoms with E-state index < -0.39 is 0 Å². The fraction of sp³-hybridized carbons (Fsp3) is 0.692. The van der Waals surface area contributed by atoms with Crippen molar-refractivity contribution >= 4 is 0 Å². The van der Waals surface area contributed by atoms with Crippen molar-refractivity contribution in [1.82, 2.24) is 0 Å². The smallest absolute Gasteiger partial charge is 0.105 e. The Labute approximate surface area is 97.0 Å². The number of furan rings is 1. The molecular weight excluding hydrogens is 202 g/mol. The highest BCUT2D eigenvalue weighted by Gasteiger charge is 2.16. The summed E-state index contributed by atoms with van der Waals surface area (Å²) in [7, 11) is 0. The highest BCUT2D eigenvalue weighted by molar-refractivity contribution is 5.19. The third-order valence-corrected chi connectivity index (χ3v) is 3.36. The highest BCUT2D eigenvalue weighted by atomic mass is 16.5. The van der Waals surface area contributed by atoms with Crippen LogP contribution >= 0.6 is 0 Å². The minimum atomic E-state index is 0.111. The molecule has 0 aromatic carbocycles. The number of rotatable bonds is 5. The normalized spacial score (nSPS) is 22.5. The van der Waals surface area contributed by atoms with Crippen molar-refractivity contribution in [2.24, 2.45) is 5.73 Å². The van der Waals surface area contributed by atoms with Crippen LogP contribution in [-0.2, 0) is 4.74 Å². The molecule has 90 valence electrons. The van der Waals surface area contributed by atoms with E-state index >= 15 is 0 Å². The van der Waals surface area contributed by atoms with Crippen LogP contribution < -0.4 is 5.73 Å². The third-order valence-electron chi connectivity index (χ3n) is 3.36. The van der Waals surface area contributed by atoms with Gasteiger partial charge in [-0.1, -0.05) is 0 Å². The summed E-state index contributed by atoms with van der Waals surface area (Å²) < 4.78 is 10.9. The molecule has 0 aliphatic carbocycles. The highest BCUT2D eigenvalue weighted by Crippen LogP contribution is 2.23. The number of aryl methyl sites for hydroxylation is 1. The summed E-state index contributed by atoms with van der Waals surface area (Å²) in [6.07, 6.45) is 7.93. The minimum absolute atomic E-state index is 0.111. The van der Waals surface area contributed by atoms with Crippen LogP contribution in [0.25, 0.3) is 0 Å². The van der Waals surface area contributed by atoms with Gasteiger partial charge in [0.2, 0.25) is 0 Å². The Bertz CT molecular complexity index is 315. The van der Waals surface area contributed by atoms with Crippen molar-refractivity contribution in [1.29, 1.82) is 0 Å². The number of nitrogens with two attached hydrogens (primary N) is 1. The van der Waals surface area contributed by atoms with E-state index in [0.29, 0.717) is 6.10 Å². The predicted octanol–water partition coefficient (Wildman–Crippen LogP) is 2.94. The predicted molar refractivity (Wildman–Crippen MR) is 63.2 cm³/mol. The molecule has 0 spiro atoms. The van der Waals surface area contributed by atoms with Crippen LogP contribution in [0.4, 0.5) is 0 Å². The van der Waals surface area contributed by atoms with Gasteiger partial charge in [0, 0.05) is 18.2 Å². The number of hydrogen-bond acceptors (Lipinski definition) is 3. The van der Waals surface area contributed by atoms with Gasteiger partial charge < -0.3 is 14.9 Å². The molecule has 2 heterocycles. The average molecular weight is 223 g/mol. The van der Waals surface area contributed by atoms with Crippen molar-refractivity contribution in [3.05, 3.63) is 23.7 Å². The molecule has 1 aromatic rings. The van der Waals surface area contributed by atoms with E-state index in [9.17, 15) is 0 Å². The van der Waals surface area contributed by atoms with Crippen LogP contribution in [-0.4, -0.2) is 12.7 Å². The molecule has 2 atom stereocenters. The lowest BCUT2D eigenvalue weighted by molar-refractivity contribution is 0.101. The molecule has 3 nitrogen and oxygen atoms in total. The topological polar surface area (TPSA) is 48.4 Å². The zero-order valence-corrected chi connectivity index (χ0v) is 9.95. The van der Waals surface area contributed by atoms with E-state index in [1.807, 2.05) is 13.0 Å². The second-order valence-corrected chi connectivity index (χ2v) is 4.60. The maximum Gasteiger partial charge on any atom is 0.105 e. The first-order chi connectivity index (χ1) is 7.77. The van der Waals surface area contributed by atoms with E-state index in [2.05, 4.69) is 0 Å². The Morgan fingerprint density at radius 3 is 3.06 bits per heavy atom. The first-order valence-electron chi connectivity index (χ1n) is 6.18. The molecule has 16 heavy (non-hydrogen) atoms. The molecule has 0 saturated carbocycles. The number of ether oxygens (including phenoxy) is 1. The monoisotopic (exact) mass is 223 g/mol. The quantitative estimate of drug-likeness (QED) is 0.835. The lowest BCUT2D eigenvalue weighted by Gasteiger charge is -2.13. The molecule has 0 amide bonds. The van der Waals surface area contributed by atoms with Crippen molar-refractivity contribution in [3.8, 4) is 0 Å². The second kappa shape index (κ2) is 5.51. The summed E-state index contributed by atoms with van der Waals surface area (Å²) in [5.41, 5.74) is 7.27. The number of hydrogen-bond donors (Lipinski definition) is 1. The van der Waals surface area contributed by atoms with Gasteiger partial charge in [-0.3, -0.25) is 0 Å². The third kappa shape index (κ3) is 2.86. The summed E-state index contributed by atoms with van der Waals surface area (Å²) in [5, 5.41) is 0. The molecule has 0 bridgehead atoms. The summed E-state index contributed by atoms with van der Waals surface area (Å²) >= 11 is 0. The van der Waals surface area contributed by atoms with Crippen molar-refractivity contribution in [2.75, 3.05) is 6.61 Å². The van der Waals surface area contributed by atoms with Gasteiger partial charge in [-0.15, -0.1) is 0 Å². The first kappa shape index (κ1) is 11.7. The summed E-state index contributed by atoms with van der Waals surface area (Å²) in [6, 6.07) is 2.09. The standard InChI is InChI=1S/C13H21NO2/c1-10-12(7-9-15-10)13(14)6-2-4-11-5-3-8-16-11/h7,9,11,13H,2-6,8,14H2,1H3. The van der Waals surface area contributed by atoms with Crippen LogP contribution in [0.5, 0.6) is 0 Å². The van der Waals surface area contributed by atoms with Gasteiger partial charge in [-0.05, 0) is 45.1 Å². The lowest BCUT2D eigenvalue weighted by Crippen LogP contribution is -2.12. The van der Waals surface area contributed by atoms with Crippen LogP contribution in [0.15, 0.2) is 16.7 Å². The Morgan fingerprint density at radius 2 is 2.44 bits per heavy atom. The van der Waals surface area contributed by atoms with Crippen molar-refractivity contribution < 1.29 is 9.15 Å². The molecule has 1 aliphatic rings. The minimum Gasteiger partial charge on any atom is -0.469 e. The summed E-state index contributed by atoms with van der Waals surface area (Å²) in [4.78, 5) is 0. The molecule has 1 fully saturated rings. The lowest BCUT2D eigenvalue weighted by atomic mass is 10.0. The van der Waals surface area contributed by atoms with Gasteiger partial charge >= 0.3 is 0 Å². The Kier molecular flexibility index (Phi) is 4.02. The maximum atomic E-state index is 6.12. The Hall–Kier alpha value is -0.800. The van der Waals surface area contributed by atoms with Gasteiger partial charge in [-0.25, -0.2) is 0 Å². The van der Waals surface area contributed by atoms with Gasteiger partial charge in [0.15, 0.2) is 0 Å². The van der Waals surface area contributed by atoms with Crippen molar-refractivity contribution in [2.45, 2.75) is 51.2 Å². The maximum absolute atomic E-state index is 6.12. The van der Waals surface area contributed by atoms with E-state index in [-0.39, 0.29) is 6.04 Å². The molecule has 0 radical (unpaired) electrons. The zero-order valence-electron chi connectivity index (χ0n) is 9.95. The molecule has 2 unspecified atom stereocenters. The summed E-state index contributed by atoms with van der Waals surface area (Å²) in [5.74, 6) is 0.949. The molecule has 2 N–H and O–H groups in total. The average Bonchev–Trinajstić information content (AvgIpc) is 2.88. The fourth-order valence-electron chi connectivity index (χ4n) is 2.37. The SMILES string of the molecule is Cc1occc1C(N)CCCC1CCCO1. The van der Waals surface area contributed by atoms with E-state index in [1.54, 1.807) is 6.26 Å². The molecular formula is C13H21NO2. The fourth-order valence-corrected chi connectivity index (χ4v) is 2.37. The molecule has 1 aromatic heterocycles. The van der Waals surface area contributed by atoms with Gasteiger partial charge in [0.1, 0.15) is 5.76 Å². The van der Waals surface area contributed by atoms with Gasteiger partial charge in [0.25, 0.3) is 0 Å². The van der Waals surface area contributed by atoms with Crippen LogP contribution in [0.3, 0.4) is 0 Å². The molecule has 1 aliphatic heterocycles. The first-order valence-corrected chi connectivity index (χ1v) is 6.18. The Morgan fingerprint density at radius 1 is 1.56 bits per heavy atom. The van der Waals surface area contributed by atoms with E-state index in [4.69, 9.17) is 14.9 Å². The zero-order chi connectivity index (χ0) is 11.4. The van der Waals surface area contributed by atoms with Crippen LogP contribution in [0.2, 0.25) is 0 Å². The molecule has 1 saturated heterocycles. The van der Waals surface area contributed by atoms with Gasteiger partial charge in [-0.2, -0.15) is 0 Å².